The number of anilines is 2. The van der Waals surface area contributed by atoms with Crippen LogP contribution in [0.2, 0.25) is 0 Å². The fraction of sp³-hybridized carbons (Fsp3) is 0.421. The molecule has 3 heterocycles. The van der Waals surface area contributed by atoms with Crippen LogP contribution in [-0.2, 0) is 11.2 Å². The molecule has 2 amide bonds. The van der Waals surface area contributed by atoms with Gasteiger partial charge in [-0.2, -0.15) is 18.3 Å². The molecule has 148 valence electrons. The van der Waals surface area contributed by atoms with E-state index < -0.39 is 12.2 Å². The molecule has 2 aliphatic rings. The summed E-state index contributed by atoms with van der Waals surface area (Å²) in [6.07, 6.45) is -4.03. The van der Waals surface area contributed by atoms with Gasteiger partial charge in [-0.15, -0.1) is 0 Å². The van der Waals surface area contributed by atoms with Crippen LogP contribution < -0.4 is 9.80 Å². The molecule has 1 aromatic heterocycles. The summed E-state index contributed by atoms with van der Waals surface area (Å²) in [5.74, 6) is -0.279. The van der Waals surface area contributed by atoms with E-state index in [2.05, 4.69) is 5.10 Å². The molecule has 0 bridgehead atoms. The molecular formula is C19H19F3N4O2. The largest absolute Gasteiger partial charge is 0.410 e. The van der Waals surface area contributed by atoms with Gasteiger partial charge in [-0.3, -0.25) is 14.5 Å². The van der Waals surface area contributed by atoms with Gasteiger partial charge in [-0.05, 0) is 43.5 Å². The zero-order valence-electron chi connectivity index (χ0n) is 15.5. The van der Waals surface area contributed by atoms with Gasteiger partial charge in [-0.1, -0.05) is 0 Å². The zero-order chi connectivity index (χ0) is 20.2. The minimum absolute atomic E-state index is 0.0369. The van der Waals surface area contributed by atoms with E-state index in [-0.39, 0.29) is 30.6 Å². The van der Waals surface area contributed by atoms with Crippen molar-refractivity contribution in [3.8, 4) is 0 Å². The molecule has 0 saturated carbocycles. The number of rotatable bonds is 1. The molecule has 0 N–H and O–H groups in total. The zero-order valence-corrected chi connectivity index (χ0v) is 15.5. The van der Waals surface area contributed by atoms with Crippen molar-refractivity contribution in [2.75, 3.05) is 22.9 Å². The fourth-order valence-corrected chi connectivity index (χ4v) is 3.95. The van der Waals surface area contributed by atoms with Crippen molar-refractivity contribution in [3.05, 3.63) is 41.1 Å². The van der Waals surface area contributed by atoms with E-state index in [0.29, 0.717) is 24.2 Å². The number of nitrogens with zero attached hydrogens (tertiary/aromatic N) is 4. The Balaban J connectivity index is 1.67. The van der Waals surface area contributed by atoms with E-state index in [0.717, 1.165) is 15.9 Å². The van der Waals surface area contributed by atoms with Crippen LogP contribution in [0.25, 0.3) is 0 Å². The summed E-state index contributed by atoms with van der Waals surface area (Å²) in [6.45, 7) is 3.62. The lowest BCUT2D eigenvalue weighted by atomic mass is 10.1. The summed E-state index contributed by atoms with van der Waals surface area (Å²) in [5, 5.41) is 3.97. The summed E-state index contributed by atoms with van der Waals surface area (Å²) >= 11 is 0. The highest BCUT2D eigenvalue weighted by Crippen LogP contribution is 2.40. The molecule has 28 heavy (non-hydrogen) atoms. The molecule has 0 spiro atoms. The molecular weight excluding hydrogens is 373 g/mol. The van der Waals surface area contributed by atoms with E-state index in [1.807, 2.05) is 0 Å². The molecule has 1 unspecified atom stereocenters. The van der Waals surface area contributed by atoms with Gasteiger partial charge < -0.3 is 4.90 Å². The molecule has 0 fully saturated rings. The number of fused-ring (bicyclic) bond motifs is 2. The molecule has 2 aliphatic heterocycles. The van der Waals surface area contributed by atoms with Gasteiger partial charge in [-0.25, -0.2) is 4.68 Å². The van der Waals surface area contributed by atoms with Crippen molar-refractivity contribution in [2.24, 2.45) is 0 Å². The van der Waals surface area contributed by atoms with Gasteiger partial charge in [0.15, 0.2) is 6.04 Å². The molecule has 1 aromatic carbocycles. The molecule has 6 nitrogen and oxygen atoms in total. The third kappa shape index (κ3) is 2.94. The second-order valence-corrected chi connectivity index (χ2v) is 7.16. The van der Waals surface area contributed by atoms with Gasteiger partial charge in [0.2, 0.25) is 5.91 Å². The van der Waals surface area contributed by atoms with E-state index in [9.17, 15) is 22.8 Å². The number of amides is 2. The third-order valence-electron chi connectivity index (χ3n) is 5.26. The molecule has 4 rings (SSSR count). The first-order chi connectivity index (χ1) is 13.2. The first-order valence-corrected chi connectivity index (χ1v) is 9.02. The topological polar surface area (TPSA) is 58.4 Å². The van der Waals surface area contributed by atoms with Crippen molar-refractivity contribution < 1.29 is 22.8 Å². The van der Waals surface area contributed by atoms with E-state index in [4.69, 9.17) is 0 Å². The average Bonchev–Trinajstić information content (AvgIpc) is 3.21. The van der Waals surface area contributed by atoms with E-state index in [1.165, 1.54) is 17.9 Å². The lowest BCUT2D eigenvalue weighted by Crippen LogP contribution is -2.43. The van der Waals surface area contributed by atoms with Crippen LogP contribution in [0.15, 0.2) is 24.3 Å². The van der Waals surface area contributed by atoms with Gasteiger partial charge >= 0.3 is 6.18 Å². The summed E-state index contributed by atoms with van der Waals surface area (Å²) in [5.41, 5.74) is 2.48. The van der Waals surface area contributed by atoms with E-state index >= 15 is 0 Å². The Hall–Kier alpha value is -2.84. The molecule has 9 heteroatoms. The fourth-order valence-electron chi connectivity index (χ4n) is 3.95. The SMILES string of the molecule is CC(=O)N1CCc2cc(C(=O)N3CCC(C(F)(F)F)n4nc(C)cc43)ccc21. The maximum atomic E-state index is 13.3. The number of carbonyl (C=O) groups is 2. The average molecular weight is 392 g/mol. The number of alkyl halides is 3. The summed E-state index contributed by atoms with van der Waals surface area (Å²) in [6, 6.07) is 4.84. The van der Waals surface area contributed by atoms with Crippen molar-refractivity contribution in [3.63, 3.8) is 0 Å². The first kappa shape index (κ1) is 18.5. The van der Waals surface area contributed by atoms with Crippen LogP contribution in [0.5, 0.6) is 0 Å². The minimum atomic E-state index is -4.42. The van der Waals surface area contributed by atoms with Crippen molar-refractivity contribution >= 4 is 23.3 Å². The summed E-state index contributed by atoms with van der Waals surface area (Å²) in [4.78, 5) is 27.7. The van der Waals surface area contributed by atoms with Crippen LogP contribution in [0, 0.1) is 6.92 Å². The highest BCUT2D eigenvalue weighted by Gasteiger charge is 2.46. The van der Waals surface area contributed by atoms with Crippen LogP contribution in [0.1, 0.15) is 41.0 Å². The van der Waals surface area contributed by atoms with Gasteiger partial charge in [0.1, 0.15) is 5.82 Å². The van der Waals surface area contributed by atoms with Crippen molar-refractivity contribution in [1.29, 1.82) is 0 Å². The van der Waals surface area contributed by atoms with Gasteiger partial charge in [0.05, 0.1) is 5.69 Å². The summed E-state index contributed by atoms with van der Waals surface area (Å²) < 4.78 is 40.9. The Kier molecular flexibility index (Phi) is 4.20. The number of benzene rings is 1. The second-order valence-electron chi connectivity index (χ2n) is 7.16. The molecule has 0 saturated heterocycles. The normalized spacial score (nSPS) is 18.8. The van der Waals surface area contributed by atoms with Crippen molar-refractivity contribution in [2.45, 2.75) is 38.9 Å². The van der Waals surface area contributed by atoms with Crippen LogP contribution in [0.3, 0.4) is 0 Å². The monoisotopic (exact) mass is 392 g/mol. The smallest absolute Gasteiger partial charge is 0.312 e. The van der Waals surface area contributed by atoms with E-state index in [1.54, 1.807) is 30.0 Å². The number of aryl methyl sites for hydroxylation is 1. The summed E-state index contributed by atoms with van der Waals surface area (Å²) in [7, 11) is 0. The van der Waals surface area contributed by atoms with Crippen LogP contribution in [0.4, 0.5) is 24.7 Å². The third-order valence-corrected chi connectivity index (χ3v) is 5.26. The highest BCUT2D eigenvalue weighted by atomic mass is 19.4. The Morgan fingerprint density at radius 1 is 1.14 bits per heavy atom. The molecule has 0 aliphatic carbocycles. The maximum absolute atomic E-state index is 13.3. The maximum Gasteiger partial charge on any atom is 0.410 e. The highest BCUT2D eigenvalue weighted by molar-refractivity contribution is 6.06. The lowest BCUT2D eigenvalue weighted by Gasteiger charge is -2.34. The molecule has 2 aromatic rings. The van der Waals surface area contributed by atoms with Gasteiger partial charge in [0, 0.05) is 37.3 Å². The Labute approximate surface area is 159 Å². The quantitative estimate of drug-likeness (QED) is 0.749. The molecule has 0 radical (unpaired) electrons. The number of hydrogen-bond donors (Lipinski definition) is 0. The van der Waals surface area contributed by atoms with Crippen molar-refractivity contribution in [1.82, 2.24) is 9.78 Å². The Morgan fingerprint density at radius 3 is 2.57 bits per heavy atom. The predicted octanol–water partition coefficient (Wildman–Crippen LogP) is 3.25. The number of halogens is 3. The number of carbonyl (C=O) groups excluding carboxylic acids is 2. The Bertz CT molecular complexity index is 967. The second kappa shape index (κ2) is 6.35. The Morgan fingerprint density at radius 2 is 1.89 bits per heavy atom. The molecule has 1 atom stereocenters. The first-order valence-electron chi connectivity index (χ1n) is 9.02. The standard InChI is InChI=1S/C19H19F3N4O2/c1-11-9-17-25(8-6-16(19(20,21)22)26(17)23-11)18(28)14-3-4-15-13(10-14)5-7-24(15)12(2)27/h3-4,9-10,16H,5-8H2,1-2H3. The lowest BCUT2D eigenvalue weighted by molar-refractivity contribution is -0.172. The predicted molar refractivity (Wildman–Crippen MR) is 96.5 cm³/mol. The number of hydrogen-bond acceptors (Lipinski definition) is 3. The van der Waals surface area contributed by atoms with Crippen LogP contribution in [-0.4, -0.2) is 40.9 Å². The number of aromatic nitrogens is 2. The minimum Gasteiger partial charge on any atom is -0.312 e. The van der Waals surface area contributed by atoms with Crippen LogP contribution >= 0.6 is 0 Å². The van der Waals surface area contributed by atoms with Gasteiger partial charge in [0.25, 0.3) is 5.91 Å².